The first-order valence-electron chi connectivity index (χ1n) is 11.0. The Balaban J connectivity index is 1.15. The molecule has 162 valence electrons. The predicted octanol–water partition coefficient (Wildman–Crippen LogP) is 4.03. The average molecular weight is 420 g/mol. The van der Waals surface area contributed by atoms with Crippen LogP contribution in [-0.2, 0) is 30.5 Å². The smallest absolute Gasteiger partial charge is 0.222 e. The highest BCUT2D eigenvalue weighted by molar-refractivity contribution is 5.76. The molecule has 0 bridgehead atoms. The first kappa shape index (κ1) is 21.1. The molecule has 1 unspecified atom stereocenters. The number of nitrogens with zero attached hydrogens (tertiary/aromatic N) is 3. The Labute approximate surface area is 183 Å². The maximum atomic E-state index is 12.5. The van der Waals surface area contributed by atoms with Gasteiger partial charge in [-0.1, -0.05) is 48.5 Å². The van der Waals surface area contributed by atoms with Gasteiger partial charge in [0.05, 0.1) is 6.54 Å². The molecular formula is C25H29N3O3. The minimum absolute atomic E-state index is 0.0113. The number of ether oxygens (including phenoxy) is 1. The Morgan fingerprint density at radius 1 is 0.968 bits per heavy atom. The molecule has 0 spiro atoms. The second kappa shape index (κ2) is 10.2. The molecule has 2 heterocycles. The van der Waals surface area contributed by atoms with Crippen molar-refractivity contribution < 1.29 is 13.9 Å². The van der Waals surface area contributed by atoms with E-state index in [0.717, 1.165) is 37.9 Å². The fourth-order valence-electron chi connectivity index (χ4n) is 3.91. The van der Waals surface area contributed by atoms with Crippen LogP contribution in [0.5, 0.6) is 5.75 Å². The number of rotatable bonds is 10. The third-order valence-corrected chi connectivity index (χ3v) is 5.63. The highest BCUT2D eigenvalue weighted by Crippen LogP contribution is 2.28. The molecule has 1 aliphatic rings. The summed E-state index contributed by atoms with van der Waals surface area (Å²) in [6, 6.07) is 18.5. The normalized spacial score (nSPS) is 14.8. The summed E-state index contributed by atoms with van der Waals surface area (Å²) in [5.74, 6) is 2.17. The van der Waals surface area contributed by atoms with Crippen molar-refractivity contribution in [2.24, 2.45) is 0 Å². The topological polar surface area (TPSA) is 68.5 Å². The van der Waals surface area contributed by atoms with Gasteiger partial charge >= 0.3 is 0 Å². The van der Waals surface area contributed by atoms with Gasteiger partial charge in [-0.25, -0.2) is 0 Å². The maximum Gasteiger partial charge on any atom is 0.222 e. The van der Waals surface area contributed by atoms with E-state index in [4.69, 9.17) is 9.15 Å². The van der Waals surface area contributed by atoms with Crippen molar-refractivity contribution in [3.05, 3.63) is 77.5 Å². The molecule has 0 radical (unpaired) electrons. The van der Waals surface area contributed by atoms with Gasteiger partial charge in [-0.3, -0.25) is 4.79 Å². The maximum absolute atomic E-state index is 12.5. The van der Waals surface area contributed by atoms with Gasteiger partial charge in [0.15, 0.2) is 0 Å². The van der Waals surface area contributed by atoms with Crippen LogP contribution in [0.15, 0.2) is 59.0 Å². The van der Waals surface area contributed by atoms with E-state index in [9.17, 15) is 4.79 Å². The van der Waals surface area contributed by atoms with Crippen molar-refractivity contribution in [1.82, 2.24) is 15.1 Å². The largest absolute Gasteiger partial charge is 0.488 e. The summed E-state index contributed by atoms with van der Waals surface area (Å²) >= 11 is 0. The van der Waals surface area contributed by atoms with Gasteiger partial charge in [0.1, 0.15) is 11.9 Å². The number of aryl methyl sites for hydroxylation is 3. The SMILES string of the molecule is CN(CC1Cc2ccccc2O1)C(=O)CCc1nnc(CCCCc2ccccc2)o1. The number of carbonyl (C=O) groups excluding carboxylic acids is 1. The highest BCUT2D eigenvalue weighted by atomic mass is 16.5. The monoisotopic (exact) mass is 419 g/mol. The summed E-state index contributed by atoms with van der Waals surface area (Å²) in [6.45, 7) is 0.573. The Morgan fingerprint density at radius 3 is 2.48 bits per heavy atom. The van der Waals surface area contributed by atoms with E-state index >= 15 is 0 Å². The number of carbonyl (C=O) groups is 1. The van der Waals surface area contributed by atoms with E-state index in [1.165, 1.54) is 11.1 Å². The summed E-state index contributed by atoms with van der Waals surface area (Å²) < 4.78 is 11.7. The number of para-hydroxylation sites is 1. The number of aromatic nitrogens is 2. The molecule has 0 N–H and O–H groups in total. The van der Waals surface area contributed by atoms with Gasteiger partial charge in [0.25, 0.3) is 0 Å². The first-order chi connectivity index (χ1) is 15.2. The van der Waals surface area contributed by atoms with Crippen molar-refractivity contribution in [2.75, 3.05) is 13.6 Å². The fourth-order valence-corrected chi connectivity index (χ4v) is 3.91. The molecule has 3 aromatic rings. The second-order valence-corrected chi connectivity index (χ2v) is 8.11. The average Bonchev–Trinajstić information content (AvgIpc) is 3.42. The van der Waals surface area contributed by atoms with E-state index in [1.54, 1.807) is 4.90 Å². The number of unbranched alkanes of at least 4 members (excludes halogenated alkanes) is 1. The Kier molecular flexibility index (Phi) is 6.97. The molecule has 2 aromatic carbocycles. The van der Waals surface area contributed by atoms with E-state index in [1.807, 2.05) is 31.3 Å². The molecule has 0 saturated heterocycles. The number of likely N-dealkylation sites (N-methyl/N-ethyl adjacent to an activating group) is 1. The van der Waals surface area contributed by atoms with Crippen LogP contribution in [0.2, 0.25) is 0 Å². The van der Waals surface area contributed by atoms with Crippen molar-refractivity contribution >= 4 is 5.91 Å². The summed E-state index contributed by atoms with van der Waals surface area (Å²) in [5.41, 5.74) is 2.55. The van der Waals surface area contributed by atoms with E-state index in [-0.39, 0.29) is 12.0 Å². The Bertz CT molecular complexity index is 961. The van der Waals surface area contributed by atoms with Gasteiger partial charge in [0, 0.05) is 32.7 Å². The minimum Gasteiger partial charge on any atom is -0.488 e. The van der Waals surface area contributed by atoms with Crippen LogP contribution >= 0.6 is 0 Å². The summed E-state index contributed by atoms with van der Waals surface area (Å²) in [5, 5.41) is 8.23. The lowest BCUT2D eigenvalue weighted by atomic mass is 10.1. The lowest BCUT2D eigenvalue weighted by molar-refractivity contribution is -0.130. The summed E-state index contributed by atoms with van der Waals surface area (Å²) in [6.07, 6.45) is 5.58. The lowest BCUT2D eigenvalue weighted by Crippen LogP contribution is -2.36. The van der Waals surface area contributed by atoms with Gasteiger partial charge in [-0.2, -0.15) is 0 Å². The zero-order chi connectivity index (χ0) is 21.5. The summed E-state index contributed by atoms with van der Waals surface area (Å²) in [4.78, 5) is 14.2. The molecule has 6 heteroatoms. The van der Waals surface area contributed by atoms with Gasteiger partial charge < -0.3 is 14.1 Å². The molecule has 1 amide bonds. The van der Waals surface area contributed by atoms with Gasteiger partial charge in [-0.15, -0.1) is 10.2 Å². The first-order valence-corrected chi connectivity index (χ1v) is 11.0. The van der Waals surface area contributed by atoms with Gasteiger partial charge in [0.2, 0.25) is 17.7 Å². The van der Waals surface area contributed by atoms with E-state index in [0.29, 0.717) is 31.2 Å². The Morgan fingerprint density at radius 2 is 1.68 bits per heavy atom. The fraction of sp³-hybridized carbons (Fsp3) is 0.400. The molecule has 0 saturated carbocycles. The summed E-state index contributed by atoms with van der Waals surface area (Å²) in [7, 11) is 1.82. The van der Waals surface area contributed by atoms with Crippen molar-refractivity contribution in [2.45, 2.75) is 51.0 Å². The van der Waals surface area contributed by atoms with Crippen molar-refractivity contribution in [3.8, 4) is 5.75 Å². The van der Waals surface area contributed by atoms with Crippen molar-refractivity contribution in [3.63, 3.8) is 0 Å². The Hall–Kier alpha value is -3.15. The highest BCUT2D eigenvalue weighted by Gasteiger charge is 2.25. The molecule has 6 nitrogen and oxygen atoms in total. The molecule has 0 aliphatic carbocycles. The van der Waals surface area contributed by atoms with Crippen LogP contribution < -0.4 is 4.74 Å². The number of hydrogen-bond donors (Lipinski definition) is 0. The van der Waals surface area contributed by atoms with Crippen LogP contribution in [0.1, 0.15) is 42.2 Å². The molecule has 4 rings (SSSR count). The minimum atomic E-state index is 0.0113. The van der Waals surface area contributed by atoms with E-state index < -0.39 is 0 Å². The number of benzene rings is 2. The standard InChI is InChI=1S/C25H29N3O3/c1-28(18-21-17-20-12-6-7-13-22(20)30-21)25(29)16-15-24-27-26-23(31-24)14-8-5-11-19-9-3-2-4-10-19/h2-4,6-7,9-10,12-13,21H,5,8,11,14-18H2,1H3. The zero-order valence-corrected chi connectivity index (χ0v) is 18.0. The van der Waals surface area contributed by atoms with Gasteiger partial charge in [-0.05, 0) is 36.5 Å². The lowest BCUT2D eigenvalue weighted by Gasteiger charge is -2.20. The van der Waals surface area contributed by atoms with Crippen LogP contribution in [-0.4, -0.2) is 40.7 Å². The molecule has 1 aromatic heterocycles. The second-order valence-electron chi connectivity index (χ2n) is 8.11. The number of fused-ring (bicyclic) bond motifs is 1. The molecular weight excluding hydrogens is 390 g/mol. The van der Waals surface area contributed by atoms with Crippen LogP contribution in [0.4, 0.5) is 0 Å². The predicted molar refractivity (Wildman–Crippen MR) is 118 cm³/mol. The van der Waals surface area contributed by atoms with E-state index in [2.05, 4.69) is 40.5 Å². The molecule has 31 heavy (non-hydrogen) atoms. The van der Waals surface area contributed by atoms with Crippen LogP contribution in [0.25, 0.3) is 0 Å². The third-order valence-electron chi connectivity index (χ3n) is 5.63. The van der Waals surface area contributed by atoms with Crippen LogP contribution in [0.3, 0.4) is 0 Å². The van der Waals surface area contributed by atoms with Crippen molar-refractivity contribution in [1.29, 1.82) is 0 Å². The van der Waals surface area contributed by atoms with Crippen LogP contribution in [0, 0.1) is 0 Å². The molecule has 0 fully saturated rings. The number of hydrogen-bond acceptors (Lipinski definition) is 5. The molecule has 1 aliphatic heterocycles. The third kappa shape index (κ3) is 5.94. The quantitative estimate of drug-likeness (QED) is 0.464. The number of amides is 1. The zero-order valence-electron chi connectivity index (χ0n) is 18.0. The molecule has 1 atom stereocenters.